The third-order valence-corrected chi connectivity index (χ3v) is 5.62. The third kappa shape index (κ3) is 3.39. The molecule has 0 aliphatic carbocycles. The maximum absolute atomic E-state index is 6.29. The Kier molecular flexibility index (Phi) is 4.69. The van der Waals surface area contributed by atoms with Crippen molar-refractivity contribution in [2.24, 2.45) is 5.10 Å². The molecule has 3 aromatic rings. The summed E-state index contributed by atoms with van der Waals surface area (Å²) in [7, 11) is 0. The van der Waals surface area contributed by atoms with Crippen molar-refractivity contribution in [2.45, 2.75) is 19.3 Å². The molecule has 1 N–H and O–H groups in total. The Balaban J connectivity index is 1.62. The fourth-order valence-corrected chi connectivity index (χ4v) is 4.03. The van der Waals surface area contributed by atoms with Crippen LogP contribution >= 0.6 is 35.2 Å². The van der Waals surface area contributed by atoms with Gasteiger partial charge in [-0.2, -0.15) is 9.78 Å². The van der Waals surface area contributed by atoms with Crippen molar-refractivity contribution in [1.29, 1.82) is 0 Å². The number of nitrogens with zero attached hydrogens (tertiary/aromatic N) is 5. The van der Waals surface area contributed by atoms with Crippen molar-refractivity contribution in [2.75, 3.05) is 18.0 Å². The summed E-state index contributed by atoms with van der Waals surface area (Å²) < 4.78 is 7.25. The fraction of sp³-hybridized carbons (Fsp3) is 0.333. The highest BCUT2D eigenvalue weighted by molar-refractivity contribution is 7.71. The lowest BCUT2D eigenvalue weighted by Crippen LogP contribution is -2.29. The number of aromatic nitrogens is 4. The summed E-state index contributed by atoms with van der Waals surface area (Å²) in [6.07, 6.45) is 6.89. The Labute approximate surface area is 157 Å². The number of rotatable bonds is 4. The Morgan fingerprint density at radius 3 is 2.96 bits per heavy atom. The van der Waals surface area contributed by atoms with Gasteiger partial charge in [-0.15, -0.1) is 5.10 Å². The van der Waals surface area contributed by atoms with E-state index in [0.717, 1.165) is 23.1 Å². The first-order chi connectivity index (χ1) is 12.2. The largest absolute Gasteiger partial charge is 0.461 e. The Morgan fingerprint density at radius 1 is 1.36 bits per heavy atom. The molecule has 1 aliphatic rings. The van der Waals surface area contributed by atoms with Crippen molar-refractivity contribution in [1.82, 2.24) is 19.9 Å². The van der Waals surface area contributed by atoms with Crippen LogP contribution < -0.4 is 4.90 Å². The van der Waals surface area contributed by atoms with E-state index in [4.69, 9.17) is 28.2 Å². The molecule has 0 saturated carbocycles. The van der Waals surface area contributed by atoms with E-state index in [-0.39, 0.29) is 0 Å². The predicted molar refractivity (Wildman–Crippen MR) is 101 cm³/mol. The Hall–Kier alpha value is -1.97. The first-order valence-electron chi connectivity index (χ1n) is 7.89. The molecule has 0 radical (unpaired) electrons. The van der Waals surface area contributed by atoms with Crippen LogP contribution in [0.2, 0.25) is 5.15 Å². The average Bonchev–Trinajstić information content (AvgIpc) is 3.35. The molecule has 0 spiro atoms. The first-order valence-corrected chi connectivity index (χ1v) is 9.49. The van der Waals surface area contributed by atoms with Gasteiger partial charge in [0.1, 0.15) is 0 Å². The van der Waals surface area contributed by atoms with Crippen molar-refractivity contribution >= 4 is 46.5 Å². The molecule has 4 heterocycles. The summed E-state index contributed by atoms with van der Waals surface area (Å²) in [5, 5.41) is 12.7. The molecule has 0 amide bonds. The quantitative estimate of drug-likeness (QED) is 0.530. The number of aromatic amines is 1. The molecule has 1 aliphatic heterocycles. The minimum absolute atomic E-state index is 0.375. The second-order valence-electron chi connectivity index (χ2n) is 5.59. The van der Waals surface area contributed by atoms with E-state index in [9.17, 15) is 0 Å². The zero-order valence-corrected chi connectivity index (χ0v) is 15.6. The van der Waals surface area contributed by atoms with Crippen LogP contribution in [0, 0.1) is 4.77 Å². The van der Waals surface area contributed by atoms with Gasteiger partial charge in [0.2, 0.25) is 10.6 Å². The van der Waals surface area contributed by atoms with Crippen molar-refractivity contribution in [3.63, 3.8) is 0 Å². The minimum Gasteiger partial charge on any atom is -0.461 e. The smallest absolute Gasteiger partial charge is 0.219 e. The lowest BCUT2D eigenvalue weighted by atomic mass is 10.1. The van der Waals surface area contributed by atoms with Gasteiger partial charge >= 0.3 is 0 Å². The molecular formula is C15H15ClN6OS2. The summed E-state index contributed by atoms with van der Waals surface area (Å²) in [6, 6.07) is 3.58. The lowest BCUT2D eigenvalue weighted by molar-refractivity contribution is 0.573. The van der Waals surface area contributed by atoms with Gasteiger partial charge in [-0.05, 0) is 43.6 Å². The zero-order chi connectivity index (χ0) is 17.2. The van der Waals surface area contributed by atoms with Gasteiger partial charge in [0.15, 0.2) is 16.0 Å². The highest BCUT2D eigenvalue weighted by Crippen LogP contribution is 2.30. The van der Waals surface area contributed by atoms with Crippen LogP contribution in [-0.4, -0.2) is 39.2 Å². The summed E-state index contributed by atoms with van der Waals surface area (Å²) in [6.45, 7) is 2.05. The number of hydrogen-bond donors (Lipinski definition) is 1. The van der Waals surface area contributed by atoms with Crippen molar-refractivity contribution in [3.8, 4) is 11.6 Å². The molecule has 25 heavy (non-hydrogen) atoms. The van der Waals surface area contributed by atoms with E-state index in [2.05, 4.69) is 25.2 Å². The molecule has 130 valence electrons. The van der Waals surface area contributed by atoms with Gasteiger partial charge in [0.05, 0.1) is 17.4 Å². The second kappa shape index (κ2) is 7.11. The van der Waals surface area contributed by atoms with Crippen LogP contribution in [0.25, 0.3) is 11.6 Å². The standard InChI is InChI=1S/C15H15ClN6OS2/c16-12-11(25-15(18-12)21-6-2-1-3-7-21)9-17-22-13(19-20-14(22)24)10-5-4-8-23-10/h4-5,8-9H,1-3,6-7H2,(H,20,24)/b17-9-. The maximum atomic E-state index is 6.29. The maximum Gasteiger partial charge on any atom is 0.219 e. The summed E-state index contributed by atoms with van der Waals surface area (Å²) in [4.78, 5) is 7.53. The highest BCUT2D eigenvalue weighted by atomic mass is 35.5. The van der Waals surface area contributed by atoms with Gasteiger partial charge in [0.25, 0.3) is 0 Å². The molecule has 1 fully saturated rings. The van der Waals surface area contributed by atoms with Gasteiger partial charge in [-0.25, -0.2) is 10.1 Å². The number of thiazole rings is 1. The minimum atomic E-state index is 0.375. The number of piperidine rings is 1. The SMILES string of the molecule is S=c1[nH]nc(-c2ccco2)n1/N=C\c1sc(N2CCCCC2)nc1Cl. The molecule has 3 aromatic heterocycles. The van der Waals surface area contributed by atoms with Crippen molar-refractivity contribution in [3.05, 3.63) is 33.2 Å². The lowest BCUT2D eigenvalue weighted by Gasteiger charge is -2.25. The number of halogens is 1. The molecule has 0 bridgehead atoms. The first kappa shape index (κ1) is 16.5. The van der Waals surface area contributed by atoms with Crippen molar-refractivity contribution < 1.29 is 4.42 Å². The van der Waals surface area contributed by atoms with Crippen LogP contribution in [0.3, 0.4) is 0 Å². The Morgan fingerprint density at radius 2 is 2.20 bits per heavy atom. The molecule has 10 heteroatoms. The number of H-pyrrole nitrogens is 1. The molecule has 0 atom stereocenters. The molecule has 1 saturated heterocycles. The van der Waals surface area contributed by atoms with Crippen LogP contribution in [0.5, 0.6) is 0 Å². The van der Waals surface area contributed by atoms with Gasteiger partial charge in [0, 0.05) is 13.1 Å². The number of furan rings is 1. The molecule has 0 unspecified atom stereocenters. The third-order valence-electron chi connectivity index (χ3n) is 3.91. The molecule has 0 aromatic carbocycles. The summed E-state index contributed by atoms with van der Waals surface area (Å²) >= 11 is 13.1. The van der Waals surface area contributed by atoms with Crippen LogP contribution in [0.4, 0.5) is 5.13 Å². The monoisotopic (exact) mass is 394 g/mol. The molecule has 7 nitrogen and oxygen atoms in total. The Bertz CT molecular complexity index is 936. The van der Waals surface area contributed by atoms with Crippen LogP contribution in [0.15, 0.2) is 27.9 Å². The average molecular weight is 395 g/mol. The van der Waals surface area contributed by atoms with E-state index in [1.807, 2.05) is 0 Å². The van der Waals surface area contributed by atoms with Crippen LogP contribution in [-0.2, 0) is 0 Å². The second-order valence-corrected chi connectivity index (χ2v) is 7.34. The van der Waals surface area contributed by atoms with E-state index >= 15 is 0 Å². The van der Waals surface area contributed by atoms with E-state index in [1.54, 1.807) is 24.6 Å². The van der Waals surface area contributed by atoms with Gasteiger partial charge in [-0.1, -0.05) is 22.9 Å². The topological polar surface area (TPSA) is 75.2 Å². The number of anilines is 1. The number of hydrogen-bond acceptors (Lipinski definition) is 7. The predicted octanol–water partition coefficient (Wildman–Crippen LogP) is 4.18. The fourth-order valence-electron chi connectivity index (χ4n) is 2.68. The van der Waals surface area contributed by atoms with Gasteiger partial charge in [-0.3, -0.25) is 0 Å². The summed E-state index contributed by atoms with van der Waals surface area (Å²) in [5.74, 6) is 1.08. The molecular weight excluding hydrogens is 380 g/mol. The zero-order valence-electron chi connectivity index (χ0n) is 13.2. The van der Waals surface area contributed by atoms with Gasteiger partial charge < -0.3 is 9.32 Å². The van der Waals surface area contributed by atoms with Crippen LogP contribution in [0.1, 0.15) is 24.1 Å². The molecule has 4 rings (SSSR count). The number of nitrogens with one attached hydrogen (secondary N) is 1. The normalized spacial score (nSPS) is 15.3. The summed E-state index contributed by atoms with van der Waals surface area (Å²) in [5.41, 5.74) is 0. The van der Waals surface area contributed by atoms with E-state index < -0.39 is 0 Å². The highest BCUT2D eigenvalue weighted by Gasteiger charge is 2.17. The van der Waals surface area contributed by atoms with E-state index in [0.29, 0.717) is 21.5 Å². The van der Waals surface area contributed by atoms with E-state index in [1.165, 1.54) is 35.3 Å².